The van der Waals surface area contributed by atoms with Crippen LogP contribution < -0.4 is 0 Å². The van der Waals surface area contributed by atoms with Crippen molar-refractivity contribution in [1.29, 1.82) is 0 Å². The minimum absolute atomic E-state index is 0.0555. The van der Waals surface area contributed by atoms with Gasteiger partial charge in [-0.25, -0.2) is 0 Å². The molecule has 0 aromatic heterocycles. The van der Waals surface area contributed by atoms with E-state index < -0.39 is 21.8 Å². The van der Waals surface area contributed by atoms with Crippen molar-refractivity contribution < 1.29 is 21.6 Å². The van der Waals surface area contributed by atoms with Crippen LogP contribution in [0, 0.1) is 0 Å². The molecule has 2 aromatic rings. The highest BCUT2D eigenvalue weighted by Gasteiger charge is 2.29. The molecule has 0 atom stereocenters. The van der Waals surface area contributed by atoms with Gasteiger partial charge in [0.25, 0.3) is 10.0 Å². The van der Waals surface area contributed by atoms with Crippen molar-refractivity contribution in [2.45, 2.75) is 11.1 Å². The maximum Gasteiger partial charge on any atom is 0.416 e. The lowest BCUT2D eigenvalue weighted by atomic mass is 10.1. The highest BCUT2D eigenvalue weighted by Crippen LogP contribution is 2.28. The minimum atomic E-state index is -4.44. The van der Waals surface area contributed by atoms with Crippen LogP contribution in [0.3, 0.4) is 0 Å². The van der Waals surface area contributed by atoms with Crippen molar-refractivity contribution in [3.63, 3.8) is 0 Å². The van der Waals surface area contributed by atoms with Crippen LogP contribution in [0.5, 0.6) is 0 Å². The number of rotatable bonds is 3. The summed E-state index contributed by atoms with van der Waals surface area (Å²) in [5.74, 6) is 0. The zero-order valence-corrected chi connectivity index (χ0v) is 12.5. The first kappa shape index (κ1) is 16.5. The maximum absolute atomic E-state index is 12.4. The average Bonchev–Trinajstić information content (AvgIpc) is 2.45. The van der Waals surface area contributed by atoms with E-state index in [0.29, 0.717) is 5.02 Å². The van der Waals surface area contributed by atoms with Crippen LogP contribution in [-0.4, -0.2) is 14.6 Å². The predicted molar refractivity (Wildman–Crippen MR) is 77.7 cm³/mol. The third-order valence-corrected chi connectivity index (χ3v) is 4.19. The number of nitrogens with zero attached hydrogens (tertiary/aromatic N) is 1. The Morgan fingerprint density at radius 3 is 2.00 bits per heavy atom. The Morgan fingerprint density at radius 2 is 1.50 bits per heavy atom. The van der Waals surface area contributed by atoms with Crippen molar-refractivity contribution in [3.05, 3.63) is 64.7 Å². The molecule has 0 N–H and O–H groups in total. The standard InChI is InChI=1S/C14H9ClF3NO2S/c15-12-5-7-13(8-6-12)22(20,21)19-9-10-1-3-11(4-2-10)14(16,17)18/h1-9H/b19-9+. The summed E-state index contributed by atoms with van der Waals surface area (Å²) in [6, 6.07) is 9.40. The Kier molecular flexibility index (Phi) is 4.58. The second-order valence-electron chi connectivity index (χ2n) is 4.28. The van der Waals surface area contributed by atoms with E-state index in [9.17, 15) is 21.6 Å². The van der Waals surface area contributed by atoms with Crippen molar-refractivity contribution in [3.8, 4) is 0 Å². The lowest BCUT2D eigenvalue weighted by Crippen LogP contribution is -2.04. The van der Waals surface area contributed by atoms with E-state index in [2.05, 4.69) is 4.40 Å². The van der Waals surface area contributed by atoms with Gasteiger partial charge in [0.2, 0.25) is 0 Å². The molecule has 0 aliphatic rings. The van der Waals surface area contributed by atoms with Gasteiger partial charge in [-0.15, -0.1) is 0 Å². The maximum atomic E-state index is 12.4. The lowest BCUT2D eigenvalue weighted by molar-refractivity contribution is -0.137. The van der Waals surface area contributed by atoms with Crippen LogP contribution in [0.15, 0.2) is 57.8 Å². The monoisotopic (exact) mass is 347 g/mol. The minimum Gasteiger partial charge on any atom is -0.199 e. The summed E-state index contributed by atoms with van der Waals surface area (Å²) in [6.07, 6.45) is -3.45. The molecule has 3 nitrogen and oxygen atoms in total. The van der Waals surface area contributed by atoms with Crippen molar-refractivity contribution >= 4 is 27.8 Å². The van der Waals surface area contributed by atoms with Crippen LogP contribution in [0.4, 0.5) is 13.2 Å². The van der Waals surface area contributed by atoms with E-state index in [1.165, 1.54) is 24.3 Å². The molecule has 0 amide bonds. The van der Waals surface area contributed by atoms with Gasteiger partial charge >= 0.3 is 6.18 Å². The molecule has 0 saturated heterocycles. The number of hydrogen-bond donors (Lipinski definition) is 0. The Hall–Kier alpha value is -1.86. The Balaban J connectivity index is 2.22. The molecule has 22 heavy (non-hydrogen) atoms. The van der Waals surface area contributed by atoms with E-state index in [4.69, 9.17) is 11.6 Å². The normalized spacial score (nSPS) is 12.7. The quantitative estimate of drug-likeness (QED) is 0.782. The summed E-state index contributed by atoms with van der Waals surface area (Å²) in [5.41, 5.74) is -0.573. The number of benzene rings is 2. The molecule has 0 aliphatic heterocycles. The molecule has 0 heterocycles. The fourth-order valence-corrected chi connectivity index (χ4v) is 2.54. The molecule has 0 bridgehead atoms. The first-order valence-corrected chi connectivity index (χ1v) is 7.73. The Labute approximate surface area is 130 Å². The molecule has 0 spiro atoms. The molecule has 0 unspecified atom stereocenters. The van der Waals surface area contributed by atoms with E-state index in [1.807, 2.05) is 0 Å². The number of hydrogen-bond acceptors (Lipinski definition) is 2. The third kappa shape index (κ3) is 4.08. The van der Waals surface area contributed by atoms with Crippen molar-refractivity contribution in [1.82, 2.24) is 0 Å². The van der Waals surface area contributed by atoms with E-state index in [1.54, 1.807) is 0 Å². The van der Waals surface area contributed by atoms with E-state index >= 15 is 0 Å². The van der Waals surface area contributed by atoms with Gasteiger partial charge in [0.05, 0.1) is 10.5 Å². The van der Waals surface area contributed by atoms with Crippen LogP contribution in [0.1, 0.15) is 11.1 Å². The summed E-state index contributed by atoms with van der Waals surface area (Å²) in [4.78, 5) is -0.0555. The van der Waals surface area contributed by atoms with Crippen LogP contribution in [-0.2, 0) is 16.2 Å². The topological polar surface area (TPSA) is 46.5 Å². The number of sulfonamides is 1. The van der Waals surface area contributed by atoms with Crippen molar-refractivity contribution in [2.75, 3.05) is 0 Å². The first-order valence-electron chi connectivity index (χ1n) is 5.92. The van der Waals surface area contributed by atoms with Crippen LogP contribution in [0.25, 0.3) is 0 Å². The van der Waals surface area contributed by atoms with Gasteiger partial charge in [-0.2, -0.15) is 26.0 Å². The molecule has 2 rings (SSSR count). The highest BCUT2D eigenvalue weighted by atomic mass is 35.5. The second kappa shape index (κ2) is 6.10. The zero-order chi connectivity index (χ0) is 16.4. The zero-order valence-electron chi connectivity index (χ0n) is 10.9. The molecular weight excluding hydrogens is 339 g/mol. The van der Waals surface area contributed by atoms with Gasteiger partial charge in [-0.05, 0) is 42.0 Å². The molecule has 0 aliphatic carbocycles. The molecule has 0 saturated carbocycles. The summed E-state index contributed by atoms with van der Waals surface area (Å²) in [5, 5.41) is 0.380. The first-order chi connectivity index (χ1) is 10.2. The van der Waals surface area contributed by atoms with Gasteiger partial charge in [-0.3, -0.25) is 0 Å². The molecule has 2 aromatic carbocycles. The smallest absolute Gasteiger partial charge is 0.199 e. The predicted octanol–water partition coefficient (Wildman–Crippen LogP) is 4.17. The molecule has 8 heteroatoms. The van der Waals surface area contributed by atoms with E-state index in [0.717, 1.165) is 30.5 Å². The molecule has 0 radical (unpaired) electrons. The fourth-order valence-electron chi connectivity index (χ4n) is 1.56. The average molecular weight is 348 g/mol. The SMILES string of the molecule is O=S(=O)(/N=C/c1ccc(C(F)(F)F)cc1)c1ccc(Cl)cc1. The molecule has 0 fully saturated rings. The van der Waals surface area contributed by atoms with Gasteiger partial charge in [0, 0.05) is 11.2 Å². The molecule has 116 valence electrons. The lowest BCUT2D eigenvalue weighted by Gasteiger charge is -2.05. The number of alkyl halides is 3. The summed E-state index contributed by atoms with van der Waals surface area (Å²) >= 11 is 5.66. The number of halogens is 4. The van der Waals surface area contributed by atoms with Gasteiger partial charge in [-0.1, -0.05) is 23.7 Å². The Bertz CT molecular complexity index is 782. The fraction of sp³-hybridized carbons (Fsp3) is 0.0714. The Morgan fingerprint density at radius 1 is 0.955 bits per heavy atom. The van der Waals surface area contributed by atoms with E-state index in [-0.39, 0.29) is 10.5 Å². The van der Waals surface area contributed by atoms with Crippen LogP contribution >= 0.6 is 11.6 Å². The largest absolute Gasteiger partial charge is 0.416 e. The van der Waals surface area contributed by atoms with Gasteiger partial charge in [0.1, 0.15) is 0 Å². The van der Waals surface area contributed by atoms with Gasteiger partial charge in [0.15, 0.2) is 0 Å². The molecular formula is C14H9ClF3NO2S. The summed E-state index contributed by atoms with van der Waals surface area (Å²) < 4.78 is 64.5. The highest BCUT2D eigenvalue weighted by molar-refractivity contribution is 7.90. The van der Waals surface area contributed by atoms with Crippen molar-refractivity contribution in [2.24, 2.45) is 4.40 Å². The third-order valence-electron chi connectivity index (χ3n) is 2.69. The second-order valence-corrected chi connectivity index (χ2v) is 6.35. The van der Waals surface area contributed by atoms with Crippen LogP contribution in [0.2, 0.25) is 5.02 Å². The summed E-state index contributed by atoms with van der Waals surface area (Å²) in [7, 11) is -3.93. The summed E-state index contributed by atoms with van der Waals surface area (Å²) in [6.45, 7) is 0. The van der Waals surface area contributed by atoms with Gasteiger partial charge < -0.3 is 0 Å².